The van der Waals surface area contributed by atoms with Crippen LogP contribution in [0.2, 0.25) is 0 Å². The summed E-state index contributed by atoms with van der Waals surface area (Å²) >= 11 is 0. The van der Waals surface area contributed by atoms with Crippen molar-refractivity contribution in [3.8, 4) is 0 Å². The summed E-state index contributed by atoms with van der Waals surface area (Å²) in [5, 5.41) is 0. The number of Topliss-reactive ketones (excluding diaryl/α,β-unsaturated/α-hetero) is 1. The molecule has 18 heavy (non-hydrogen) atoms. The summed E-state index contributed by atoms with van der Waals surface area (Å²) in [4.78, 5) is 23.6. The lowest BCUT2D eigenvalue weighted by Gasteiger charge is -2.12. The van der Waals surface area contributed by atoms with Crippen LogP contribution in [0.3, 0.4) is 0 Å². The third kappa shape index (κ3) is 2.43. The highest BCUT2D eigenvalue weighted by Crippen LogP contribution is 2.26. The summed E-state index contributed by atoms with van der Waals surface area (Å²) in [6.07, 6.45) is -0.490. The van der Waals surface area contributed by atoms with E-state index in [0.717, 1.165) is 6.42 Å². The molecule has 1 aromatic rings. The van der Waals surface area contributed by atoms with Crippen molar-refractivity contribution in [2.24, 2.45) is 5.92 Å². The maximum absolute atomic E-state index is 11.8. The average Bonchev–Trinajstić information content (AvgIpc) is 2.67. The molecular formula is C14H16O4. The second-order valence-electron chi connectivity index (χ2n) is 4.38. The Morgan fingerprint density at radius 2 is 2.00 bits per heavy atom. The second-order valence-corrected chi connectivity index (χ2v) is 4.38. The van der Waals surface area contributed by atoms with Gasteiger partial charge in [-0.3, -0.25) is 4.79 Å². The molecular weight excluding hydrogens is 232 g/mol. The van der Waals surface area contributed by atoms with Gasteiger partial charge in [0.2, 0.25) is 5.78 Å². The zero-order valence-electron chi connectivity index (χ0n) is 10.5. The van der Waals surface area contributed by atoms with E-state index in [9.17, 15) is 9.59 Å². The number of ether oxygens (including phenoxy) is 2. The van der Waals surface area contributed by atoms with E-state index >= 15 is 0 Å². The van der Waals surface area contributed by atoms with Crippen LogP contribution < -0.4 is 0 Å². The Hall–Kier alpha value is -1.68. The Bertz CT molecular complexity index is 440. The summed E-state index contributed by atoms with van der Waals surface area (Å²) in [6, 6.07) is 8.57. The monoisotopic (exact) mass is 248 g/mol. The van der Waals surface area contributed by atoms with Gasteiger partial charge in [-0.05, 0) is 18.6 Å². The fraction of sp³-hybridized carbons (Fsp3) is 0.429. The van der Waals surface area contributed by atoms with Crippen LogP contribution in [0.15, 0.2) is 30.3 Å². The van der Waals surface area contributed by atoms with Gasteiger partial charge in [-0.25, -0.2) is 4.79 Å². The average molecular weight is 248 g/mol. The molecule has 0 N–H and O–H groups in total. The van der Waals surface area contributed by atoms with E-state index < -0.39 is 12.3 Å². The zero-order valence-corrected chi connectivity index (χ0v) is 10.5. The van der Waals surface area contributed by atoms with Crippen molar-refractivity contribution < 1.29 is 19.1 Å². The minimum absolute atomic E-state index is 0.161. The van der Waals surface area contributed by atoms with E-state index in [1.807, 2.05) is 13.0 Å². The molecule has 1 aromatic carbocycles. The molecule has 0 radical (unpaired) electrons. The topological polar surface area (TPSA) is 52.6 Å². The predicted octanol–water partition coefficient (Wildman–Crippen LogP) is 2.18. The van der Waals surface area contributed by atoms with Gasteiger partial charge in [0.15, 0.2) is 0 Å². The molecule has 4 heteroatoms. The van der Waals surface area contributed by atoms with Crippen LogP contribution in [0.4, 0.5) is 0 Å². The standard InChI is InChI=1S/C14H16O4/c1-3-11-9(2)12(15)14(17-11)18-13(16)10-7-5-4-6-8-10/h4-9,11,14H,3H2,1-2H3/t9-,11-,14?/m1/s1. The van der Waals surface area contributed by atoms with E-state index in [2.05, 4.69) is 0 Å². The van der Waals surface area contributed by atoms with Crippen LogP contribution in [0.25, 0.3) is 0 Å². The van der Waals surface area contributed by atoms with E-state index in [0.29, 0.717) is 5.56 Å². The fourth-order valence-electron chi connectivity index (χ4n) is 2.02. The molecule has 0 aliphatic carbocycles. The van der Waals surface area contributed by atoms with Gasteiger partial charge in [-0.15, -0.1) is 0 Å². The molecule has 1 fully saturated rings. The highest BCUT2D eigenvalue weighted by Gasteiger charge is 2.41. The molecule has 1 unspecified atom stereocenters. The van der Waals surface area contributed by atoms with Gasteiger partial charge in [-0.2, -0.15) is 0 Å². The molecule has 1 saturated heterocycles. The minimum Gasteiger partial charge on any atom is -0.424 e. The highest BCUT2D eigenvalue weighted by molar-refractivity contribution is 5.93. The number of carbonyl (C=O) groups excluding carboxylic acids is 2. The second kappa shape index (κ2) is 5.31. The van der Waals surface area contributed by atoms with Gasteiger partial charge in [0.05, 0.1) is 11.7 Å². The number of hydrogen-bond acceptors (Lipinski definition) is 4. The smallest absolute Gasteiger partial charge is 0.340 e. The van der Waals surface area contributed by atoms with Crippen LogP contribution in [0.1, 0.15) is 30.6 Å². The number of carbonyl (C=O) groups is 2. The number of rotatable bonds is 3. The molecule has 0 aromatic heterocycles. The first-order valence-corrected chi connectivity index (χ1v) is 6.08. The van der Waals surface area contributed by atoms with Crippen molar-refractivity contribution in [2.75, 3.05) is 0 Å². The first-order chi connectivity index (χ1) is 8.63. The fourth-order valence-corrected chi connectivity index (χ4v) is 2.02. The molecule has 0 bridgehead atoms. The molecule has 1 aliphatic rings. The minimum atomic E-state index is -1.06. The van der Waals surface area contributed by atoms with Crippen LogP contribution in [0, 0.1) is 5.92 Å². The first-order valence-electron chi connectivity index (χ1n) is 6.08. The van der Waals surface area contributed by atoms with Gasteiger partial charge in [0.25, 0.3) is 6.29 Å². The molecule has 96 valence electrons. The lowest BCUT2D eigenvalue weighted by molar-refractivity contribution is -0.145. The van der Waals surface area contributed by atoms with Crippen molar-refractivity contribution in [1.82, 2.24) is 0 Å². The SMILES string of the molecule is CC[C@H]1OC(OC(=O)c2ccccc2)C(=O)[C@@H]1C. The lowest BCUT2D eigenvalue weighted by Crippen LogP contribution is -2.25. The van der Waals surface area contributed by atoms with Crippen molar-refractivity contribution in [3.63, 3.8) is 0 Å². The molecule has 0 amide bonds. The summed E-state index contributed by atoms with van der Waals surface area (Å²) in [5.41, 5.74) is 0.418. The van der Waals surface area contributed by atoms with Gasteiger partial charge in [0, 0.05) is 5.92 Å². The maximum atomic E-state index is 11.8. The quantitative estimate of drug-likeness (QED) is 0.769. The third-order valence-electron chi connectivity index (χ3n) is 3.16. The summed E-state index contributed by atoms with van der Waals surface area (Å²) in [7, 11) is 0. The molecule has 2 rings (SSSR count). The van der Waals surface area contributed by atoms with Crippen molar-refractivity contribution in [1.29, 1.82) is 0 Å². The van der Waals surface area contributed by atoms with E-state index in [-0.39, 0.29) is 17.8 Å². The van der Waals surface area contributed by atoms with Gasteiger partial charge >= 0.3 is 5.97 Å². The number of esters is 1. The largest absolute Gasteiger partial charge is 0.424 e. The Morgan fingerprint density at radius 1 is 1.33 bits per heavy atom. The van der Waals surface area contributed by atoms with Crippen LogP contribution in [-0.2, 0) is 14.3 Å². The molecule has 3 atom stereocenters. The summed E-state index contributed by atoms with van der Waals surface area (Å²) in [6.45, 7) is 3.74. The summed E-state index contributed by atoms with van der Waals surface area (Å²) in [5.74, 6) is -0.910. The third-order valence-corrected chi connectivity index (χ3v) is 3.16. The summed E-state index contributed by atoms with van der Waals surface area (Å²) < 4.78 is 10.5. The van der Waals surface area contributed by atoms with E-state index in [1.165, 1.54) is 0 Å². The Morgan fingerprint density at radius 3 is 2.56 bits per heavy atom. The van der Waals surface area contributed by atoms with E-state index in [4.69, 9.17) is 9.47 Å². The lowest BCUT2D eigenvalue weighted by atomic mass is 10.0. The van der Waals surface area contributed by atoms with Crippen molar-refractivity contribution in [2.45, 2.75) is 32.7 Å². The van der Waals surface area contributed by atoms with Gasteiger partial charge in [0.1, 0.15) is 0 Å². The highest BCUT2D eigenvalue weighted by atomic mass is 16.7. The number of hydrogen-bond donors (Lipinski definition) is 0. The van der Waals surface area contributed by atoms with Gasteiger partial charge < -0.3 is 9.47 Å². The van der Waals surface area contributed by atoms with Crippen molar-refractivity contribution >= 4 is 11.8 Å². The zero-order chi connectivity index (χ0) is 13.1. The normalized spacial score (nSPS) is 27.2. The molecule has 1 heterocycles. The predicted molar refractivity (Wildman–Crippen MR) is 65.0 cm³/mol. The van der Waals surface area contributed by atoms with Crippen LogP contribution in [0.5, 0.6) is 0 Å². The molecule has 1 aliphatic heterocycles. The van der Waals surface area contributed by atoms with Crippen LogP contribution >= 0.6 is 0 Å². The first kappa shape index (κ1) is 12.8. The number of ketones is 1. The van der Waals surface area contributed by atoms with Crippen molar-refractivity contribution in [3.05, 3.63) is 35.9 Å². The van der Waals surface area contributed by atoms with Gasteiger partial charge in [-0.1, -0.05) is 32.0 Å². The Balaban J connectivity index is 2.03. The molecule has 0 spiro atoms. The van der Waals surface area contributed by atoms with E-state index in [1.54, 1.807) is 31.2 Å². The van der Waals surface area contributed by atoms with Crippen LogP contribution in [-0.4, -0.2) is 24.1 Å². The molecule has 4 nitrogen and oxygen atoms in total. The Labute approximate surface area is 106 Å². The molecule has 0 saturated carbocycles. The Kier molecular flexibility index (Phi) is 3.77. The maximum Gasteiger partial charge on any atom is 0.340 e. The number of benzene rings is 1.